The number of nitrogen functional groups attached to an aromatic ring is 1. The van der Waals surface area contributed by atoms with Gasteiger partial charge in [0, 0.05) is 56.1 Å². The number of aromatic nitrogens is 5. The molecule has 1 aliphatic heterocycles. The van der Waals surface area contributed by atoms with Crippen LogP contribution in [-0.4, -0.2) is 36.2 Å². The smallest absolute Gasteiger partial charge is 0.127 e. The van der Waals surface area contributed by atoms with E-state index in [9.17, 15) is 0 Å². The predicted octanol–water partition coefficient (Wildman–Crippen LogP) is 1.27. The zero-order valence-corrected chi connectivity index (χ0v) is 13.0. The molecular formula is C16H19N7. The van der Waals surface area contributed by atoms with Gasteiger partial charge in [-0.15, -0.1) is 0 Å². The van der Waals surface area contributed by atoms with Crippen molar-refractivity contribution < 1.29 is 0 Å². The SMILES string of the molecule is Cn1cc(C2CN(Cc3cccnc3N)Cc3[nH]cnc32)cn1. The Bertz CT molecular complexity index is 819. The lowest BCUT2D eigenvalue weighted by Gasteiger charge is -2.31. The number of aryl methyl sites for hydroxylation is 1. The molecule has 118 valence electrons. The predicted molar refractivity (Wildman–Crippen MR) is 86.4 cm³/mol. The summed E-state index contributed by atoms with van der Waals surface area (Å²) in [6.07, 6.45) is 7.48. The average Bonchev–Trinajstić information content (AvgIpc) is 3.17. The topological polar surface area (TPSA) is 88.6 Å². The molecule has 1 atom stereocenters. The Morgan fingerprint density at radius 1 is 1.39 bits per heavy atom. The molecule has 7 nitrogen and oxygen atoms in total. The van der Waals surface area contributed by atoms with E-state index in [4.69, 9.17) is 5.73 Å². The van der Waals surface area contributed by atoms with Crippen LogP contribution in [0.2, 0.25) is 0 Å². The lowest BCUT2D eigenvalue weighted by atomic mass is 9.93. The first-order valence-electron chi connectivity index (χ1n) is 7.63. The summed E-state index contributed by atoms with van der Waals surface area (Å²) in [7, 11) is 1.94. The normalized spacial score (nSPS) is 18.0. The number of aromatic amines is 1. The minimum atomic E-state index is 0.219. The monoisotopic (exact) mass is 309 g/mol. The van der Waals surface area contributed by atoms with E-state index in [0.29, 0.717) is 5.82 Å². The van der Waals surface area contributed by atoms with Gasteiger partial charge in [-0.2, -0.15) is 5.10 Å². The number of nitrogens with zero attached hydrogens (tertiary/aromatic N) is 5. The van der Waals surface area contributed by atoms with Gasteiger partial charge in [0.05, 0.1) is 23.9 Å². The van der Waals surface area contributed by atoms with Crippen molar-refractivity contribution >= 4 is 5.82 Å². The fraction of sp³-hybridized carbons (Fsp3) is 0.312. The molecule has 3 aromatic heterocycles. The number of H-pyrrole nitrogens is 1. The number of fused-ring (bicyclic) bond motifs is 1. The molecule has 0 fully saturated rings. The van der Waals surface area contributed by atoms with Crippen LogP contribution in [0.5, 0.6) is 0 Å². The molecule has 0 saturated heterocycles. The second-order valence-electron chi connectivity index (χ2n) is 5.98. The molecule has 3 N–H and O–H groups in total. The molecule has 0 aromatic carbocycles. The summed E-state index contributed by atoms with van der Waals surface area (Å²) in [6.45, 7) is 2.49. The minimum absolute atomic E-state index is 0.219. The average molecular weight is 309 g/mol. The van der Waals surface area contributed by atoms with Crippen LogP contribution < -0.4 is 5.73 Å². The Kier molecular flexibility index (Phi) is 3.34. The molecule has 0 radical (unpaired) electrons. The van der Waals surface area contributed by atoms with E-state index < -0.39 is 0 Å². The summed E-state index contributed by atoms with van der Waals surface area (Å²) in [6, 6.07) is 3.96. The van der Waals surface area contributed by atoms with E-state index in [0.717, 1.165) is 36.6 Å². The van der Waals surface area contributed by atoms with Crippen LogP contribution in [-0.2, 0) is 20.1 Å². The van der Waals surface area contributed by atoms with Crippen LogP contribution in [0.25, 0.3) is 0 Å². The number of rotatable bonds is 3. The molecule has 4 heterocycles. The Morgan fingerprint density at radius 3 is 3.09 bits per heavy atom. The largest absolute Gasteiger partial charge is 0.383 e. The lowest BCUT2D eigenvalue weighted by Crippen LogP contribution is -2.34. The van der Waals surface area contributed by atoms with Crippen LogP contribution in [0, 0.1) is 0 Å². The number of nitrogens with two attached hydrogens (primary N) is 1. The van der Waals surface area contributed by atoms with E-state index in [1.807, 2.05) is 30.1 Å². The van der Waals surface area contributed by atoms with Crippen LogP contribution in [0.1, 0.15) is 28.4 Å². The third-order valence-corrected chi connectivity index (χ3v) is 4.35. The van der Waals surface area contributed by atoms with Gasteiger partial charge in [0.25, 0.3) is 0 Å². The summed E-state index contributed by atoms with van der Waals surface area (Å²) in [5, 5.41) is 4.30. The summed E-state index contributed by atoms with van der Waals surface area (Å²) < 4.78 is 1.83. The van der Waals surface area contributed by atoms with Crippen molar-refractivity contribution in [1.29, 1.82) is 0 Å². The van der Waals surface area contributed by atoms with Crippen LogP contribution >= 0.6 is 0 Å². The number of hydrogen-bond donors (Lipinski definition) is 2. The highest BCUT2D eigenvalue weighted by molar-refractivity contribution is 5.39. The van der Waals surface area contributed by atoms with E-state index >= 15 is 0 Å². The van der Waals surface area contributed by atoms with Crippen molar-refractivity contribution in [2.24, 2.45) is 7.05 Å². The van der Waals surface area contributed by atoms with Crippen molar-refractivity contribution in [2.75, 3.05) is 12.3 Å². The molecule has 0 bridgehead atoms. The Hall–Kier alpha value is -2.67. The molecular weight excluding hydrogens is 290 g/mol. The van der Waals surface area contributed by atoms with Crippen LogP contribution in [0.4, 0.5) is 5.82 Å². The highest BCUT2D eigenvalue weighted by atomic mass is 15.2. The van der Waals surface area contributed by atoms with E-state index in [1.54, 1.807) is 12.5 Å². The fourth-order valence-corrected chi connectivity index (χ4v) is 3.22. The van der Waals surface area contributed by atoms with E-state index in [1.165, 1.54) is 5.56 Å². The molecule has 3 aromatic rings. The van der Waals surface area contributed by atoms with Gasteiger partial charge in [0.2, 0.25) is 0 Å². The fourth-order valence-electron chi connectivity index (χ4n) is 3.22. The van der Waals surface area contributed by atoms with Crippen molar-refractivity contribution in [2.45, 2.75) is 19.0 Å². The van der Waals surface area contributed by atoms with Gasteiger partial charge in [-0.25, -0.2) is 9.97 Å². The van der Waals surface area contributed by atoms with Crippen molar-refractivity contribution in [3.63, 3.8) is 0 Å². The number of anilines is 1. The Morgan fingerprint density at radius 2 is 2.30 bits per heavy atom. The van der Waals surface area contributed by atoms with E-state index in [2.05, 4.69) is 31.1 Å². The van der Waals surface area contributed by atoms with Gasteiger partial charge >= 0.3 is 0 Å². The second kappa shape index (κ2) is 5.51. The highest BCUT2D eigenvalue weighted by Crippen LogP contribution is 2.32. The summed E-state index contributed by atoms with van der Waals surface area (Å²) >= 11 is 0. The Balaban J connectivity index is 1.63. The van der Waals surface area contributed by atoms with Gasteiger partial charge in [0.15, 0.2) is 0 Å². The molecule has 0 spiro atoms. The number of nitrogens with one attached hydrogen (secondary N) is 1. The Labute approximate surface area is 134 Å². The number of hydrogen-bond acceptors (Lipinski definition) is 5. The van der Waals surface area contributed by atoms with Crippen molar-refractivity contribution in [3.05, 3.63) is 59.6 Å². The zero-order chi connectivity index (χ0) is 15.8. The van der Waals surface area contributed by atoms with E-state index in [-0.39, 0.29) is 5.92 Å². The first kappa shape index (κ1) is 14.0. The quantitative estimate of drug-likeness (QED) is 0.760. The summed E-state index contributed by atoms with van der Waals surface area (Å²) in [4.78, 5) is 14.3. The summed E-state index contributed by atoms with van der Waals surface area (Å²) in [5.41, 5.74) is 10.5. The zero-order valence-electron chi connectivity index (χ0n) is 13.0. The maximum atomic E-state index is 5.99. The molecule has 0 aliphatic carbocycles. The minimum Gasteiger partial charge on any atom is -0.383 e. The third-order valence-electron chi connectivity index (χ3n) is 4.35. The lowest BCUT2D eigenvalue weighted by molar-refractivity contribution is 0.228. The van der Waals surface area contributed by atoms with Gasteiger partial charge in [-0.05, 0) is 6.07 Å². The second-order valence-corrected chi connectivity index (χ2v) is 5.98. The maximum absolute atomic E-state index is 5.99. The van der Waals surface area contributed by atoms with Crippen molar-refractivity contribution in [3.8, 4) is 0 Å². The molecule has 4 rings (SSSR count). The first-order valence-corrected chi connectivity index (χ1v) is 7.63. The van der Waals surface area contributed by atoms with Crippen LogP contribution in [0.15, 0.2) is 37.1 Å². The van der Waals surface area contributed by atoms with Crippen LogP contribution in [0.3, 0.4) is 0 Å². The van der Waals surface area contributed by atoms with Gasteiger partial charge < -0.3 is 10.7 Å². The van der Waals surface area contributed by atoms with Crippen molar-refractivity contribution in [1.82, 2.24) is 29.6 Å². The van der Waals surface area contributed by atoms with Gasteiger partial charge in [-0.1, -0.05) is 6.07 Å². The molecule has 1 aliphatic rings. The number of imidazole rings is 1. The molecule has 23 heavy (non-hydrogen) atoms. The highest BCUT2D eigenvalue weighted by Gasteiger charge is 2.29. The standard InChI is InChI=1S/C16H19N7/c1-22-6-12(5-21-22)13-8-23(9-14-15(13)20-10-19-14)7-11-3-2-4-18-16(11)17/h2-6,10,13H,7-9H2,1H3,(H2,17,18)(H,19,20). The number of pyridine rings is 1. The molecule has 1 unspecified atom stereocenters. The third kappa shape index (κ3) is 2.59. The molecule has 0 saturated carbocycles. The molecule has 7 heteroatoms. The van der Waals surface area contributed by atoms with Gasteiger partial charge in [0.1, 0.15) is 5.82 Å². The first-order chi connectivity index (χ1) is 11.2. The molecule has 0 amide bonds. The summed E-state index contributed by atoms with van der Waals surface area (Å²) in [5.74, 6) is 0.817. The van der Waals surface area contributed by atoms with Gasteiger partial charge in [-0.3, -0.25) is 9.58 Å². The maximum Gasteiger partial charge on any atom is 0.127 e.